The molecule has 4 N–H and O–H groups in total. The number of hydrogen-bond acceptors (Lipinski definition) is 10. The molecule has 0 aromatic heterocycles. The van der Waals surface area contributed by atoms with E-state index in [0.29, 0.717) is 23.1 Å². The average molecular weight is 755 g/mol. The highest BCUT2D eigenvalue weighted by Gasteiger charge is 2.59. The average Bonchev–Trinajstić information content (AvgIpc) is 3.14. The van der Waals surface area contributed by atoms with E-state index in [1.807, 2.05) is 0 Å². The molecular formula is C36H40BrN3O10. The maximum Gasteiger partial charge on any atom is 0.418 e. The van der Waals surface area contributed by atoms with Crippen LogP contribution in [0.4, 0.5) is 9.59 Å². The van der Waals surface area contributed by atoms with E-state index in [4.69, 9.17) is 19.9 Å². The van der Waals surface area contributed by atoms with Gasteiger partial charge in [-0.3, -0.25) is 9.59 Å². The number of alkyl halides is 1. The van der Waals surface area contributed by atoms with Crippen molar-refractivity contribution in [3.63, 3.8) is 0 Å². The topological polar surface area (TPSA) is 192 Å². The van der Waals surface area contributed by atoms with E-state index in [1.165, 1.54) is 0 Å². The van der Waals surface area contributed by atoms with Crippen molar-refractivity contribution in [3.05, 3.63) is 108 Å². The number of esters is 1. The summed E-state index contributed by atoms with van der Waals surface area (Å²) >= 11 is 3.02. The monoisotopic (exact) mass is 753 g/mol. The lowest BCUT2D eigenvalue weighted by Crippen LogP contribution is -2.67. The summed E-state index contributed by atoms with van der Waals surface area (Å²) in [6.07, 6.45) is -3.38. The third-order valence-corrected chi connectivity index (χ3v) is 8.18. The molecule has 50 heavy (non-hydrogen) atoms. The number of carbonyl (C=O) groups excluding carboxylic acids is 5. The summed E-state index contributed by atoms with van der Waals surface area (Å²) in [6.45, 7) is -0.727. The number of ether oxygens (including phenoxy) is 3. The maximum atomic E-state index is 14.5. The Labute approximate surface area is 298 Å². The first kappa shape index (κ1) is 39.4. The van der Waals surface area contributed by atoms with Gasteiger partial charge in [-0.05, 0) is 48.9 Å². The number of carboxylic acid groups (broad SMARTS) is 1. The summed E-state index contributed by atoms with van der Waals surface area (Å²) in [5.41, 5.74) is 4.22. The number of halogens is 1. The summed E-state index contributed by atoms with van der Waals surface area (Å²) in [5.74, 6) is -5.25. The number of aliphatic carboxylic acids is 1. The molecule has 266 valence electrons. The molecule has 3 aromatic carbocycles. The number of imide groups is 1. The van der Waals surface area contributed by atoms with E-state index in [1.54, 1.807) is 91.0 Å². The number of unbranched alkanes of at least 4 members (excludes halogenated alkanes) is 1. The van der Waals surface area contributed by atoms with Crippen molar-refractivity contribution in [1.82, 2.24) is 10.2 Å². The molecule has 0 saturated carbocycles. The minimum Gasteiger partial charge on any atom is -0.479 e. The molecule has 0 fully saturated rings. The van der Waals surface area contributed by atoms with Crippen molar-refractivity contribution in [2.24, 2.45) is 5.73 Å². The van der Waals surface area contributed by atoms with E-state index in [-0.39, 0.29) is 36.2 Å². The molecule has 14 heteroatoms. The first-order valence-corrected chi connectivity index (χ1v) is 17.0. The van der Waals surface area contributed by atoms with Gasteiger partial charge in [-0.15, -0.1) is 0 Å². The third kappa shape index (κ3) is 11.5. The molecule has 2 atom stereocenters. The number of amides is 3. The second-order valence-electron chi connectivity index (χ2n) is 11.2. The smallest absolute Gasteiger partial charge is 0.418 e. The molecular weight excluding hydrogens is 714 g/mol. The second-order valence-corrected chi connectivity index (χ2v) is 11.7. The second kappa shape index (κ2) is 20.4. The van der Waals surface area contributed by atoms with E-state index >= 15 is 0 Å². The van der Waals surface area contributed by atoms with E-state index in [9.17, 15) is 33.9 Å². The van der Waals surface area contributed by atoms with Crippen molar-refractivity contribution < 1.29 is 48.1 Å². The molecule has 0 bridgehead atoms. The van der Waals surface area contributed by atoms with Gasteiger partial charge in [0.1, 0.15) is 31.6 Å². The molecule has 0 aliphatic rings. The fraction of sp³-hybridized carbons (Fsp3) is 0.333. The standard InChI is InChI=1S/C36H40BrN3O10/c37-22-29(41)19-20-36(32(43)44,33(45)48-23-26-12-4-1-5-13-26)40(35(47)50-25-28-16-8-3-9-17-28)31(42)30(18-10-11-21-38)39-34(46)49-24-27-14-6-2-7-15-27/h1-9,12-17,30H,10-11,18-25,38H2,(H,39,46)(H,43,44)/t30-,36-/m0/s1. The van der Waals surface area contributed by atoms with Gasteiger partial charge in [-0.2, -0.15) is 0 Å². The Morgan fingerprint density at radius 3 is 1.74 bits per heavy atom. The number of benzene rings is 3. The zero-order chi connectivity index (χ0) is 36.4. The van der Waals surface area contributed by atoms with Crippen molar-refractivity contribution in [3.8, 4) is 0 Å². The van der Waals surface area contributed by atoms with Crippen molar-refractivity contribution in [2.45, 2.75) is 63.5 Å². The molecule has 0 heterocycles. The number of nitrogens with two attached hydrogens (primary N) is 1. The molecule has 0 aliphatic heterocycles. The van der Waals surface area contributed by atoms with Crippen LogP contribution in [0.3, 0.4) is 0 Å². The Balaban J connectivity index is 2.07. The Kier molecular flexibility index (Phi) is 16.1. The summed E-state index contributed by atoms with van der Waals surface area (Å²) in [7, 11) is 0. The summed E-state index contributed by atoms with van der Waals surface area (Å²) < 4.78 is 16.2. The highest BCUT2D eigenvalue weighted by molar-refractivity contribution is 9.09. The minimum atomic E-state index is -3.08. The minimum absolute atomic E-state index is 0.117. The third-order valence-electron chi connectivity index (χ3n) is 7.56. The van der Waals surface area contributed by atoms with Crippen LogP contribution in [0, 0.1) is 0 Å². The molecule has 0 aliphatic carbocycles. The molecule has 3 rings (SSSR count). The largest absolute Gasteiger partial charge is 0.479 e. The Morgan fingerprint density at radius 1 is 0.760 bits per heavy atom. The van der Waals surface area contributed by atoms with Crippen LogP contribution in [0.15, 0.2) is 91.0 Å². The van der Waals surface area contributed by atoms with E-state index in [0.717, 1.165) is 0 Å². The lowest BCUT2D eigenvalue weighted by atomic mass is 9.89. The number of ketones is 1. The van der Waals surface area contributed by atoms with Gasteiger partial charge in [0, 0.05) is 6.42 Å². The summed E-state index contributed by atoms with van der Waals surface area (Å²) in [5, 5.41) is 13.0. The predicted molar refractivity (Wildman–Crippen MR) is 185 cm³/mol. The Morgan fingerprint density at radius 2 is 1.26 bits per heavy atom. The zero-order valence-electron chi connectivity index (χ0n) is 27.3. The molecule has 13 nitrogen and oxygen atoms in total. The normalized spacial score (nSPS) is 12.4. The molecule has 0 saturated heterocycles. The quantitative estimate of drug-likeness (QED) is 0.0497. The van der Waals surface area contributed by atoms with E-state index in [2.05, 4.69) is 21.2 Å². The number of nitrogens with one attached hydrogen (secondary N) is 1. The highest BCUT2D eigenvalue weighted by atomic mass is 79.9. The van der Waals surface area contributed by atoms with Gasteiger partial charge in [-0.1, -0.05) is 107 Å². The maximum absolute atomic E-state index is 14.5. The van der Waals surface area contributed by atoms with Gasteiger partial charge in [0.05, 0.1) is 5.33 Å². The van der Waals surface area contributed by atoms with Crippen LogP contribution >= 0.6 is 15.9 Å². The number of carboxylic acids is 1. The lowest BCUT2D eigenvalue weighted by Gasteiger charge is -2.38. The van der Waals surface area contributed by atoms with Gasteiger partial charge in [-0.25, -0.2) is 24.1 Å². The van der Waals surface area contributed by atoms with Crippen LogP contribution in [-0.2, 0) is 53.2 Å². The Hall–Kier alpha value is -5.08. The van der Waals surface area contributed by atoms with Crippen LogP contribution in [-0.4, -0.2) is 69.3 Å². The van der Waals surface area contributed by atoms with Crippen molar-refractivity contribution in [2.75, 3.05) is 11.9 Å². The summed E-state index contributed by atoms with van der Waals surface area (Å²) in [4.78, 5) is 81.5. The molecule has 3 aromatic rings. The number of hydrogen-bond donors (Lipinski definition) is 3. The van der Waals surface area contributed by atoms with Crippen LogP contribution in [0.5, 0.6) is 0 Å². The van der Waals surface area contributed by atoms with Gasteiger partial charge in [0.25, 0.3) is 5.91 Å². The van der Waals surface area contributed by atoms with Gasteiger partial charge < -0.3 is 30.4 Å². The number of carbonyl (C=O) groups is 6. The van der Waals surface area contributed by atoms with Gasteiger partial charge >= 0.3 is 24.1 Å². The van der Waals surface area contributed by atoms with Crippen molar-refractivity contribution >= 4 is 51.7 Å². The fourth-order valence-corrected chi connectivity index (χ4v) is 5.14. The molecule has 3 amide bonds. The fourth-order valence-electron chi connectivity index (χ4n) is 4.86. The first-order valence-electron chi connectivity index (χ1n) is 15.9. The predicted octanol–water partition coefficient (Wildman–Crippen LogP) is 4.89. The van der Waals surface area contributed by atoms with Gasteiger partial charge in [0.15, 0.2) is 0 Å². The number of alkyl carbamates (subject to hydrolysis) is 1. The first-order chi connectivity index (χ1) is 24.1. The van der Waals surface area contributed by atoms with E-state index < -0.39 is 73.5 Å². The number of Topliss-reactive ketones (excluding diaryl/α,β-unsaturated/α-hetero) is 1. The summed E-state index contributed by atoms with van der Waals surface area (Å²) in [6, 6.07) is 23.8. The molecule has 0 radical (unpaired) electrons. The Bertz CT molecular complexity index is 1580. The highest BCUT2D eigenvalue weighted by Crippen LogP contribution is 2.29. The molecule has 0 unspecified atom stereocenters. The SMILES string of the molecule is NCCCC[C@H](NC(=O)OCc1ccccc1)C(=O)N(C(=O)OCc1ccccc1)[C@@](CCC(=O)CBr)(C(=O)O)C(=O)OCc1ccccc1. The van der Waals surface area contributed by atoms with Crippen LogP contribution in [0.1, 0.15) is 48.8 Å². The zero-order valence-corrected chi connectivity index (χ0v) is 28.9. The lowest BCUT2D eigenvalue weighted by molar-refractivity contribution is -0.177. The van der Waals surface area contributed by atoms with Crippen molar-refractivity contribution in [1.29, 1.82) is 0 Å². The number of nitrogens with zero attached hydrogens (tertiary/aromatic N) is 1. The number of rotatable bonds is 19. The molecule has 0 spiro atoms. The van der Waals surface area contributed by atoms with Gasteiger partial charge in [0.2, 0.25) is 5.54 Å². The van der Waals surface area contributed by atoms with Crippen LogP contribution in [0.25, 0.3) is 0 Å². The van der Waals surface area contributed by atoms with Crippen LogP contribution < -0.4 is 11.1 Å². The van der Waals surface area contributed by atoms with Crippen LogP contribution in [0.2, 0.25) is 0 Å².